The van der Waals surface area contributed by atoms with Gasteiger partial charge in [0.25, 0.3) is 0 Å². The van der Waals surface area contributed by atoms with E-state index in [2.05, 4.69) is 9.98 Å². The summed E-state index contributed by atoms with van der Waals surface area (Å²) in [5.74, 6) is 0. The van der Waals surface area contributed by atoms with E-state index in [0.29, 0.717) is 6.20 Å². The normalized spacial score (nSPS) is 13.3. The first-order valence-electron chi connectivity index (χ1n) is 4.68. The van der Waals surface area contributed by atoms with Crippen molar-refractivity contribution in [2.75, 3.05) is 0 Å². The van der Waals surface area contributed by atoms with Crippen molar-refractivity contribution in [3.05, 3.63) is 28.5 Å². The van der Waals surface area contributed by atoms with Gasteiger partial charge in [0.15, 0.2) is 5.17 Å². The Balaban J connectivity index is 3.15. The number of halogens is 5. The summed E-state index contributed by atoms with van der Waals surface area (Å²) >= 11 is 11.5. The van der Waals surface area contributed by atoms with Crippen molar-refractivity contribution in [3.63, 3.8) is 0 Å². The minimum absolute atomic E-state index is 0.00118. The van der Waals surface area contributed by atoms with Gasteiger partial charge in [-0.05, 0) is 19.9 Å². The molecule has 0 aliphatic rings. The van der Waals surface area contributed by atoms with Crippen LogP contribution in [0.1, 0.15) is 25.1 Å². The quantitative estimate of drug-likeness (QED) is 0.749. The average molecular weight is 285 g/mol. The second-order valence-corrected chi connectivity index (χ2v) is 4.33. The van der Waals surface area contributed by atoms with E-state index in [-0.39, 0.29) is 21.9 Å². The lowest BCUT2D eigenvalue weighted by molar-refractivity contribution is -0.137. The van der Waals surface area contributed by atoms with Crippen molar-refractivity contribution in [2.24, 2.45) is 4.99 Å². The van der Waals surface area contributed by atoms with Crippen LogP contribution in [0.25, 0.3) is 0 Å². The molecule has 1 aromatic heterocycles. The summed E-state index contributed by atoms with van der Waals surface area (Å²) < 4.78 is 37.0. The molecule has 1 aromatic rings. The molecule has 0 saturated carbocycles. The second-order valence-electron chi connectivity index (χ2n) is 3.57. The minimum Gasteiger partial charge on any atom is -0.268 e. The fraction of sp³-hybridized carbons (Fsp3) is 0.400. The first-order chi connectivity index (χ1) is 7.71. The predicted molar refractivity (Wildman–Crippen MR) is 61.8 cm³/mol. The van der Waals surface area contributed by atoms with Crippen molar-refractivity contribution in [2.45, 2.75) is 26.1 Å². The maximum absolute atomic E-state index is 12.3. The molecule has 0 fully saturated rings. The molecular formula is C10H9Cl2F3N2. The van der Waals surface area contributed by atoms with Gasteiger partial charge >= 0.3 is 6.18 Å². The third kappa shape index (κ3) is 3.85. The van der Waals surface area contributed by atoms with E-state index >= 15 is 0 Å². The molecule has 2 nitrogen and oxygen atoms in total. The zero-order valence-electron chi connectivity index (χ0n) is 9.02. The minimum atomic E-state index is -4.48. The monoisotopic (exact) mass is 284 g/mol. The lowest BCUT2D eigenvalue weighted by Gasteiger charge is -2.08. The third-order valence-electron chi connectivity index (χ3n) is 1.74. The predicted octanol–water partition coefficient (Wildman–Crippen LogP) is 4.15. The van der Waals surface area contributed by atoms with E-state index in [0.717, 1.165) is 6.07 Å². The molecule has 17 heavy (non-hydrogen) atoms. The number of hydrogen-bond acceptors (Lipinski definition) is 2. The SMILES string of the molecule is CC(C)/N=C(\Cl)c1ncc(C(F)(F)F)cc1Cl. The first-order valence-corrected chi connectivity index (χ1v) is 5.44. The molecule has 0 N–H and O–H groups in total. The summed E-state index contributed by atoms with van der Waals surface area (Å²) in [7, 11) is 0. The Morgan fingerprint density at radius 3 is 2.41 bits per heavy atom. The molecule has 94 valence electrons. The molecule has 0 bridgehead atoms. The molecular weight excluding hydrogens is 276 g/mol. The highest BCUT2D eigenvalue weighted by Crippen LogP contribution is 2.31. The van der Waals surface area contributed by atoms with E-state index in [1.165, 1.54) is 0 Å². The van der Waals surface area contributed by atoms with Crippen molar-refractivity contribution < 1.29 is 13.2 Å². The Bertz CT molecular complexity index is 442. The van der Waals surface area contributed by atoms with E-state index in [1.807, 2.05) is 0 Å². The van der Waals surface area contributed by atoms with Crippen LogP contribution >= 0.6 is 23.2 Å². The summed E-state index contributed by atoms with van der Waals surface area (Å²) in [5.41, 5.74) is -0.865. The lowest BCUT2D eigenvalue weighted by Crippen LogP contribution is -2.08. The summed E-state index contributed by atoms with van der Waals surface area (Å²) in [6, 6.07) is 0.685. The molecule has 0 spiro atoms. The summed E-state index contributed by atoms with van der Waals surface area (Å²) in [5, 5.41) is -0.173. The number of alkyl halides is 3. The Labute approximate surface area is 106 Å². The van der Waals surface area contributed by atoms with Crippen molar-refractivity contribution in [1.29, 1.82) is 0 Å². The second kappa shape index (κ2) is 5.23. The number of rotatable bonds is 2. The van der Waals surface area contributed by atoms with Gasteiger partial charge in [0.1, 0.15) is 5.69 Å². The zero-order chi connectivity index (χ0) is 13.2. The molecule has 0 unspecified atom stereocenters. The summed E-state index contributed by atoms with van der Waals surface area (Å²) in [4.78, 5) is 7.54. The maximum Gasteiger partial charge on any atom is 0.417 e. The topological polar surface area (TPSA) is 25.2 Å². The Kier molecular flexibility index (Phi) is 4.38. The molecule has 1 rings (SSSR count). The molecule has 0 atom stereocenters. The van der Waals surface area contributed by atoms with Crippen molar-refractivity contribution in [1.82, 2.24) is 4.98 Å². The number of pyridine rings is 1. The number of nitrogens with zero attached hydrogens (tertiary/aromatic N) is 2. The smallest absolute Gasteiger partial charge is 0.268 e. The standard InChI is InChI=1S/C10H9Cl2F3N2/c1-5(2)17-9(12)8-7(11)3-6(4-16-8)10(13,14)15/h3-5H,1-2H3/b17-9-. The van der Waals surface area contributed by atoms with Crippen molar-refractivity contribution in [3.8, 4) is 0 Å². The maximum atomic E-state index is 12.3. The Morgan fingerprint density at radius 2 is 2.00 bits per heavy atom. The highest BCUT2D eigenvalue weighted by Gasteiger charge is 2.31. The number of aromatic nitrogens is 1. The lowest BCUT2D eigenvalue weighted by atomic mass is 10.2. The molecule has 0 radical (unpaired) electrons. The average Bonchev–Trinajstić information content (AvgIpc) is 2.14. The van der Waals surface area contributed by atoms with Crippen LogP contribution in [0.3, 0.4) is 0 Å². The van der Waals surface area contributed by atoms with Crippen LogP contribution in [0.2, 0.25) is 5.02 Å². The van der Waals surface area contributed by atoms with Gasteiger partial charge in [-0.1, -0.05) is 23.2 Å². The molecule has 0 saturated heterocycles. The van der Waals surface area contributed by atoms with E-state index in [1.54, 1.807) is 13.8 Å². The largest absolute Gasteiger partial charge is 0.417 e. The molecule has 0 aromatic carbocycles. The Morgan fingerprint density at radius 1 is 1.41 bits per heavy atom. The van der Waals surface area contributed by atoms with Gasteiger partial charge in [-0.2, -0.15) is 13.2 Å². The van der Waals surface area contributed by atoms with Crippen LogP contribution in [0.15, 0.2) is 17.3 Å². The van der Waals surface area contributed by atoms with E-state index in [4.69, 9.17) is 23.2 Å². The summed E-state index contributed by atoms with van der Waals surface area (Å²) in [6.45, 7) is 3.56. The molecule has 1 heterocycles. The van der Waals surface area contributed by atoms with Gasteiger partial charge in [-0.3, -0.25) is 9.98 Å². The molecule has 0 aliphatic heterocycles. The van der Waals surface area contributed by atoms with E-state index in [9.17, 15) is 13.2 Å². The van der Waals surface area contributed by atoms with Crippen LogP contribution < -0.4 is 0 Å². The van der Waals surface area contributed by atoms with Crippen molar-refractivity contribution >= 4 is 28.4 Å². The molecule has 7 heteroatoms. The molecule has 0 aliphatic carbocycles. The van der Waals surface area contributed by atoms with Crippen LogP contribution in [0.5, 0.6) is 0 Å². The fourth-order valence-corrected chi connectivity index (χ4v) is 1.68. The summed E-state index contributed by atoms with van der Waals surface area (Å²) in [6.07, 6.45) is -3.80. The van der Waals surface area contributed by atoms with Gasteiger partial charge in [0.05, 0.1) is 10.6 Å². The van der Waals surface area contributed by atoms with Crippen LogP contribution in [-0.2, 0) is 6.18 Å². The van der Waals surface area contributed by atoms with Gasteiger partial charge in [-0.25, -0.2) is 0 Å². The highest BCUT2D eigenvalue weighted by molar-refractivity contribution is 6.70. The van der Waals surface area contributed by atoms with Gasteiger partial charge < -0.3 is 0 Å². The third-order valence-corrected chi connectivity index (χ3v) is 2.30. The van der Waals surface area contributed by atoms with Gasteiger partial charge in [0.2, 0.25) is 0 Å². The molecule has 0 amide bonds. The Hall–Kier alpha value is -0.810. The highest BCUT2D eigenvalue weighted by atomic mass is 35.5. The fourth-order valence-electron chi connectivity index (χ4n) is 1.03. The van der Waals surface area contributed by atoms with Crippen LogP contribution in [0, 0.1) is 0 Å². The zero-order valence-corrected chi connectivity index (χ0v) is 10.5. The first kappa shape index (κ1) is 14.3. The number of hydrogen-bond donors (Lipinski definition) is 0. The van der Waals surface area contributed by atoms with Gasteiger partial charge in [-0.15, -0.1) is 0 Å². The van der Waals surface area contributed by atoms with Crippen LogP contribution in [-0.4, -0.2) is 16.2 Å². The number of aliphatic imine (C=N–C) groups is 1. The van der Waals surface area contributed by atoms with E-state index < -0.39 is 11.7 Å². The van der Waals surface area contributed by atoms with Crippen LogP contribution in [0.4, 0.5) is 13.2 Å². The van der Waals surface area contributed by atoms with Gasteiger partial charge in [0, 0.05) is 12.2 Å².